The third-order valence-corrected chi connectivity index (χ3v) is 7.88. The zero-order valence-electron chi connectivity index (χ0n) is 23.3. The zero-order valence-corrected chi connectivity index (χ0v) is 24.9. The number of nitriles is 1. The van der Waals surface area contributed by atoms with Gasteiger partial charge in [-0.25, -0.2) is 0 Å². The number of Topliss-reactive ketones (excluding diaryl/α,β-unsaturated/α-hetero) is 1. The predicted molar refractivity (Wildman–Crippen MR) is 154 cm³/mol. The molecule has 1 heterocycles. The Bertz CT molecular complexity index is 1360. The van der Waals surface area contributed by atoms with Gasteiger partial charge in [0.05, 0.1) is 30.8 Å². The second-order valence-corrected chi connectivity index (χ2v) is 11.7. The van der Waals surface area contributed by atoms with Gasteiger partial charge in [0.1, 0.15) is 12.4 Å². The van der Waals surface area contributed by atoms with Gasteiger partial charge in [-0.2, -0.15) is 5.26 Å². The second kappa shape index (κ2) is 11.8. The Balaban J connectivity index is 1.81. The Hall–Kier alpha value is -3.28. The maximum atomic E-state index is 13.7. The largest absolute Gasteiger partial charge is 0.490 e. The summed E-state index contributed by atoms with van der Waals surface area (Å²) in [7, 11) is 1.62. The van der Waals surface area contributed by atoms with E-state index in [4.69, 9.17) is 19.9 Å². The number of nitrogens with zero attached hydrogens (tertiary/aromatic N) is 2. The van der Waals surface area contributed by atoms with Gasteiger partial charge in [0.25, 0.3) is 0 Å². The first-order chi connectivity index (χ1) is 18.6. The summed E-state index contributed by atoms with van der Waals surface area (Å²) in [6.45, 7) is 9.81. The number of ketones is 1. The number of nitrogens with two attached hydrogens (primary N) is 1. The number of methoxy groups -OCH3 is 1. The van der Waals surface area contributed by atoms with Crippen LogP contribution in [0.15, 0.2) is 63.5 Å². The third-order valence-electron chi connectivity index (χ3n) is 7.19. The first kappa shape index (κ1) is 28.7. The van der Waals surface area contributed by atoms with Crippen LogP contribution in [0.4, 0.5) is 0 Å². The molecule has 0 spiro atoms. The van der Waals surface area contributed by atoms with Gasteiger partial charge in [-0.15, -0.1) is 0 Å². The van der Waals surface area contributed by atoms with Crippen LogP contribution in [0.5, 0.6) is 11.5 Å². The number of aryl methyl sites for hydroxylation is 1. The summed E-state index contributed by atoms with van der Waals surface area (Å²) in [6.07, 6.45) is 1.06. The van der Waals surface area contributed by atoms with Crippen molar-refractivity contribution in [1.82, 2.24) is 4.90 Å². The van der Waals surface area contributed by atoms with Crippen LogP contribution in [0.25, 0.3) is 0 Å². The highest BCUT2D eigenvalue weighted by Gasteiger charge is 2.44. The molecule has 0 unspecified atom stereocenters. The van der Waals surface area contributed by atoms with Gasteiger partial charge in [0.15, 0.2) is 17.3 Å². The fourth-order valence-electron chi connectivity index (χ4n) is 5.32. The molecule has 2 aliphatic rings. The maximum absolute atomic E-state index is 13.7. The molecule has 0 bridgehead atoms. The molecule has 39 heavy (non-hydrogen) atoms. The highest BCUT2D eigenvalue weighted by atomic mass is 79.9. The standard InChI is InChI=1S/C31H36BrN3O4/c1-6-38-26-13-21(23(32)14-27(26)39-18-20-9-7-19(2)8-10-20)28-22(17-33)30(34)35(11-12-37-5)24-15-31(3,4)16-25(36)29(24)28/h7-10,13-14,28H,6,11-12,15-16,18,34H2,1-5H3/t28-/m0/s1. The van der Waals surface area contributed by atoms with Gasteiger partial charge in [0.2, 0.25) is 0 Å². The van der Waals surface area contributed by atoms with Crippen molar-refractivity contribution < 1.29 is 19.0 Å². The molecule has 0 aromatic heterocycles. The van der Waals surface area contributed by atoms with E-state index in [2.05, 4.69) is 35.8 Å². The fourth-order valence-corrected chi connectivity index (χ4v) is 5.87. The van der Waals surface area contributed by atoms with E-state index >= 15 is 0 Å². The number of halogens is 1. The van der Waals surface area contributed by atoms with E-state index in [1.165, 1.54) is 5.56 Å². The summed E-state index contributed by atoms with van der Waals surface area (Å²) in [4.78, 5) is 15.6. The van der Waals surface area contributed by atoms with E-state index < -0.39 is 5.92 Å². The van der Waals surface area contributed by atoms with Crippen molar-refractivity contribution in [3.05, 3.63) is 80.2 Å². The molecule has 206 valence electrons. The Morgan fingerprint density at radius 3 is 2.49 bits per heavy atom. The molecule has 1 aliphatic heterocycles. The second-order valence-electron chi connectivity index (χ2n) is 10.8. The van der Waals surface area contributed by atoms with Gasteiger partial charge in [-0.05, 0) is 48.9 Å². The van der Waals surface area contributed by atoms with Crippen molar-refractivity contribution in [1.29, 1.82) is 5.26 Å². The van der Waals surface area contributed by atoms with E-state index in [0.29, 0.717) is 72.1 Å². The minimum atomic E-state index is -0.618. The molecule has 0 fully saturated rings. The molecule has 2 aromatic carbocycles. The number of hydrogen-bond donors (Lipinski definition) is 1. The molecule has 1 aliphatic carbocycles. The van der Waals surface area contributed by atoms with Gasteiger partial charge in [0, 0.05) is 35.8 Å². The summed E-state index contributed by atoms with van der Waals surface area (Å²) in [6, 6.07) is 14.2. The minimum Gasteiger partial charge on any atom is -0.490 e. The molecular weight excluding hydrogens is 558 g/mol. The number of hydrogen-bond acceptors (Lipinski definition) is 7. The van der Waals surface area contributed by atoms with Crippen molar-refractivity contribution >= 4 is 21.7 Å². The Morgan fingerprint density at radius 2 is 1.85 bits per heavy atom. The van der Waals surface area contributed by atoms with Crippen molar-refractivity contribution in [3.63, 3.8) is 0 Å². The average Bonchev–Trinajstić information content (AvgIpc) is 2.88. The van der Waals surface area contributed by atoms with E-state index in [1.54, 1.807) is 7.11 Å². The van der Waals surface area contributed by atoms with E-state index in [0.717, 1.165) is 16.8 Å². The van der Waals surface area contributed by atoms with Crippen LogP contribution in [0.3, 0.4) is 0 Å². The van der Waals surface area contributed by atoms with Gasteiger partial charge in [-0.3, -0.25) is 4.79 Å². The first-order valence-electron chi connectivity index (χ1n) is 13.2. The summed E-state index contributed by atoms with van der Waals surface area (Å²) >= 11 is 3.72. The monoisotopic (exact) mass is 593 g/mol. The topological polar surface area (TPSA) is 97.8 Å². The maximum Gasteiger partial charge on any atom is 0.162 e. The molecule has 0 saturated heterocycles. The molecule has 1 atom stereocenters. The lowest BCUT2D eigenvalue weighted by Crippen LogP contribution is -2.43. The molecule has 0 radical (unpaired) electrons. The smallest absolute Gasteiger partial charge is 0.162 e. The number of allylic oxidation sites excluding steroid dienone is 3. The summed E-state index contributed by atoms with van der Waals surface area (Å²) in [5.74, 6) is 0.886. The van der Waals surface area contributed by atoms with E-state index in [1.807, 2.05) is 55.1 Å². The highest BCUT2D eigenvalue weighted by molar-refractivity contribution is 9.10. The molecule has 4 rings (SSSR count). The quantitative estimate of drug-likeness (QED) is 0.374. The van der Waals surface area contributed by atoms with Crippen molar-refractivity contribution in [2.24, 2.45) is 11.1 Å². The first-order valence-corrected chi connectivity index (χ1v) is 14.0. The van der Waals surface area contributed by atoms with Crippen LogP contribution in [-0.2, 0) is 16.1 Å². The number of rotatable bonds is 9. The number of carbonyl (C=O) groups is 1. The average molecular weight is 595 g/mol. The van der Waals surface area contributed by atoms with Crippen LogP contribution in [0, 0.1) is 23.7 Å². The lowest BCUT2D eigenvalue weighted by Gasteiger charge is -2.44. The number of benzene rings is 2. The van der Waals surface area contributed by atoms with E-state index in [9.17, 15) is 10.1 Å². The van der Waals surface area contributed by atoms with Crippen molar-refractivity contribution in [2.75, 3.05) is 26.9 Å². The Morgan fingerprint density at radius 1 is 1.15 bits per heavy atom. The molecule has 0 saturated carbocycles. The van der Waals surface area contributed by atoms with Crippen LogP contribution >= 0.6 is 15.9 Å². The van der Waals surface area contributed by atoms with Crippen LogP contribution in [0.2, 0.25) is 0 Å². The predicted octanol–water partition coefficient (Wildman–Crippen LogP) is 6.12. The van der Waals surface area contributed by atoms with E-state index in [-0.39, 0.29) is 11.2 Å². The Labute approximate surface area is 239 Å². The molecule has 8 heteroatoms. The van der Waals surface area contributed by atoms with Gasteiger partial charge >= 0.3 is 0 Å². The lowest BCUT2D eigenvalue weighted by atomic mass is 9.68. The lowest BCUT2D eigenvalue weighted by molar-refractivity contribution is -0.118. The van der Waals surface area contributed by atoms with Gasteiger partial charge in [-0.1, -0.05) is 59.6 Å². The number of carbonyl (C=O) groups excluding carboxylic acids is 1. The Kier molecular flexibility index (Phi) is 8.73. The van der Waals surface area contributed by atoms with Crippen LogP contribution < -0.4 is 15.2 Å². The summed E-state index contributed by atoms with van der Waals surface area (Å²) in [5.41, 5.74) is 11.2. The molecule has 7 nitrogen and oxygen atoms in total. The molecule has 2 aromatic rings. The molecular formula is C31H36BrN3O4. The number of ether oxygens (including phenoxy) is 3. The normalized spacial score (nSPS) is 18.6. The molecule has 0 amide bonds. The van der Waals surface area contributed by atoms with Crippen LogP contribution in [-0.4, -0.2) is 37.6 Å². The van der Waals surface area contributed by atoms with Crippen molar-refractivity contribution in [2.45, 2.75) is 53.1 Å². The van der Waals surface area contributed by atoms with Gasteiger partial charge < -0.3 is 24.8 Å². The SMILES string of the molecule is CCOc1cc([C@H]2C(C#N)=C(N)N(CCOC)C3=C2C(=O)CC(C)(C)C3)c(Br)cc1OCc1ccc(C)cc1. The summed E-state index contributed by atoms with van der Waals surface area (Å²) < 4.78 is 18.2. The molecule has 2 N–H and O–H groups in total. The third kappa shape index (κ3) is 6.00. The zero-order chi connectivity index (χ0) is 28.3. The minimum absolute atomic E-state index is 0.0264. The summed E-state index contributed by atoms with van der Waals surface area (Å²) in [5, 5.41) is 10.3. The van der Waals surface area contributed by atoms with Crippen LogP contribution in [0.1, 0.15) is 56.2 Å². The fraction of sp³-hybridized carbons (Fsp3) is 0.419. The van der Waals surface area contributed by atoms with Crippen molar-refractivity contribution in [3.8, 4) is 17.6 Å². The highest BCUT2D eigenvalue weighted by Crippen LogP contribution is 2.51.